The SMILES string of the molecule is CN(c1nc(N)nc2c1ncn2[C@@H]1O[C@H](COP(=O)(O)OP(=O)(O)O)[C@@H](O)[C@H]1F)C1CC1. The van der Waals surface area contributed by atoms with Crippen molar-refractivity contribution in [2.75, 3.05) is 24.3 Å². The fourth-order valence-corrected chi connectivity index (χ4v) is 4.97. The second kappa shape index (κ2) is 8.24. The Hall–Kier alpha value is -1.74. The standard InChI is InChI=1S/C14H21FN6O9P2/c1-20(6-2-3-6)11-9-12(19-14(16)18-11)21(5-17-9)13-8(15)10(22)7(29-13)4-28-32(26,27)30-31(23,24)25/h5-8,10,13,22H,2-4H2,1H3,(H,26,27)(H2,16,18,19)(H2,23,24,25)/t7-,8-,10-,13-/m1/s1. The van der Waals surface area contributed by atoms with Crippen LogP contribution >= 0.6 is 15.6 Å². The minimum atomic E-state index is -5.33. The molecule has 32 heavy (non-hydrogen) atoms. The number of halogens is 1. The van der Waals surface area contributed by atoms with Crippen LogP contribution in [0, 0.1) is 0 Å². The summed E-state index contributed by atoms with van der Waals surface area (Å²) in [7, 11) is -8.71. The van der Waals surface area contributed by atoms with Crippen molar-refractivity contribution in [1.29, 1.82) is 0 Å². The molecule has 0 bridgehead atoms. The van der Waals surface area contributed by atoms with Crippen LogP contribution in [0.5, 0.6) is 0 Å². The van der Waals surface area contributed by atoms with Gasteiger partial charge in [-0.15, -0.1) is 0 Å². The highest BCUT2D eigenvalue weighted by Gasteiger charge is 2.47. The van der Waals surface area contributed by atoms with Crippen molar-refractivity contribution in [2.24, 2.45) is 0 Å². The van der Waals surface area contributed by atoms with Gasteiger partial charge in [0.05, 0.1) is 12.9 Å². The van der Waals surface area contributed by atoms with Crippen LogP contribution in [-0.4, -0.2) is 77.4 Å². The smallest absolute Gasteiger partial charge is 0.387 e. The van der Waals surface area contributed by atoms with Gasteiger partial charge in [0.15, 0.2) is 29.4 Å². The van der Waals surface area contributed by atoms with E-state index >= 15 is 0 Å². The Morgan fingerprint density at radius 3 is 2.66 bits per heavy atom. The molecule has 1 aliphatic carbocycles. The molecule has 1 saturated heterocycles. The Labute approximate surface area is 179 Å². The molecule has 6 N–H and O–H groups in total. The van der Waals surface area contributed by atoms with Gasteiger partial charge in [-0.3, -0.25) is 9.09 Å². The number of nitrogens with zero attached hydrogens (tertiary/aromatic N) is 5. The molecule has 0 amide bonds. The molecule has 1 aliphatic heterocycles. The van der Waals surface area contributed by atoms with Gasteiger partial charge in [-0.1, -0.05) is 0 Å². The maximum absolute atomic E-state index is 14.9. The lowest BCUT2D eigenvalue weighted by Crippen LogP contribution is -2.31. The number of phosphoric acid groups is 2. The van der Waals surface area contributed by atoms with E-state index in [4.69, 9.17) is 20.3 Å². The van der Waals surface area contributed by atoms with E-state index in [0.29, 0.717) is 11.3 Å². The van der Waals surface area contributed by atoms with Crippen molar-refractivity contribution in [3.05, 3.63) is 6.33 Å². The topological polar surface area (TPSA) is 216 Å². The van der Waals surface area contributed by atoms with Gasteiger partial charge in [-0.2, -0.15) is 14.3 Å². The summed E-state index contributed by atoms with van der Waals surface area (Å²) in [5.74, 6) is 0.379. The first-order valence-electron chi connectivity index (χ1n) is 9.31. The number of alkyl halides is 1. The third-order valence-electron chi connectivity index (χ3n) is 5.03. The molecule has 18 heteroatoms. The van der Waals surface area contributed by atoms with Crippen LogP contribution in [0.1, 0.15) is 19.1 Å². The van der Waals surface area contributed by atoms with Gasteiger partial charge in [0.25, 0.3) is 0 Å². The molecule has 178 valence electrons. The molecular formula is C14H21FN6O9P2. The van der Waals surface area contributed by atoms with Crippen LogP contribution in [0.3, 0.4) is 0 Å². The third kappa shape index (κ3) is 4.78. The Balaban J connectivity index is 1.55. The summed E-state index contributed by atoms with van der Waals surface area (Å²) in [6.07, 6.45) is -3.55. The number of hydrogen-bond acceptors (Lipinski definition) is 11. The van der Waals surface area contributed by atoms with Crippen molar-refractivity contribution >= 4 is 38.6 Å². The van der Waals surface area contributed by atoms with Crippen molar-refractivity contribution < 1.29 is 46.9 Å². The number of ether oxygens (including phenoxy) is 1. The summed E-state index contributed by atoms with van der Waals surface area (Å²) in [5, 5.41) is 10.2. The molecule has 2 fully saturated rings. The Morgan fingerprint density at radius 2 is 2.03 bits per heavy atom. The lowest BCUT2D eigenvalue weighted by molar-refractivity contribution is -0.0450. The number of phosphoric ester groups is 1. The number of nitrogen functional groups attached to an aromatic ring is 1. The second-order valence-electron chi connectivity index (χ2n) is 7.41. The molecule has 2 aromatic heterocycles. The number of nitrogens with two attached hydrogens (primary N) is 1. The quantitative estimate of drug-likeness (QED) is 0.299. The number of fused-ring (bicyclic) bond motifs is 1. The van der Waals surface area contributed by atoms with E-state index in [1.165, 1.54) is 10.9 Å². The van der Waals surface area contributed by atoms with Crippen LogP contribution < -0.4 is 10.6 Å². The number of aromatic nitrogens is 4. The molecule has 0 radical (unpaired) electrons. The number of imidazole rings is 1. The van der Waals surface area contributed by atoms with Crippen LogP contribution in [0.2, 0.25) is 0 Å². The molecule has 2 aliphatic rings. The molecule has 2 aromatic rings. The van der Waals surface area contributed by atoms with E-state index in [9.17, 15) is 23.5 Å². The molecular weight excluding hydrogens is 477 g/mol. The third-order valence-corrected chi connectivity index (χ3v) is 7.18. The summed E-state index contributed by atoms with van der Waals surface area (Å²) >= 11 is 0. The highest BCUT2D eigenvalue weighted by molar-refractivity contribution is 7.60. The second-order valence-corrected chi connectivity index (χ2v) is 10.2. The fraction of sp³-hybridized carbons (Fsp3) is 0.643. The lowest BCUT2D eigenvalue weighted by Gasteiger charge is -2.19. The van der Waals surface area contributed by atoms with Crippen molar-refractivity contribution in [3.8, 4) is 0 Å². The fourth-order valence-electron chi connectivity index (χ4n) is 3.38. The summed E-state index contributed by atoms with van der Waals surface area (Å²) in [5.41, 5.74) is 6.31. The van der Waals surface area contributed by atoms with Gasteiger partial charge in [-0.25, -0.2) is 18.5 Å². The Morgan fingerprint density at radius 1 is 1.34 bits per heavy atom. The molecule has 15 nitrogen and oxygen atoms in total. The molecule has 1 unspecified atom stereocenters. The Kier molecular flexibility index (Phi) is 6.03. The minimum absolute atomic E-state index is 0.0774. The Bertz CT molecular complexity index is 1110. The largest absolute Gasteiger partial charge is 0.481 e. The number of rotatable bonds is 8. The molecule has 5 atom stereocenters. The van der Waals surface area contributed by atoms with E-state index < -0.39 is 46.9 Å². The monoisotopic (exact) mass is 498 g/mol. The van der Waals surface area contributed by atoms with E-state index in [1.54, 1.807) is 0 Å². The predicted molar refractivity (Wildman–Crippen MR) is 105 cm³/mol. The summed E-state index contributed by atoms with van der Waals surface area (Å²) in [6.45, 7) is -0.898. The maximum Gasteiger partial charge on any atom is 0.481 e. The maximum atomic E-state index is 14.9. The van der Waals surface area contributed by atoms with Gasteiger partial charge in [0.2, 0.25) is 5.95 Å². The van der Waals surface area contributed by atoms with E-state index in [1.807, 2.05) is 11.9 Å². The molecule has 0 spiro atoms. The zero-order valence-electron chi connectivity index (χ0n) is 16.5. The van der Waals surface area contributed by atoms with Crippen molar-refractivity contribution in [2.45, 2.75) is 43.5 Å². The highest BCUT2D eigenvalue weighted by Crippen LogP contribution is 2.57. The zero-order chi connectivity index (χ0) is 23.4. The number of aliphatic hydroxyl groups excluding tert-OH is 1. The average Bonchev–Trinajstić information content (AvgIpc) is 3.38. The van der Waals surface area contributed by atoms with E-state index in [2.05, 4.69) is 23.8 Å². The van der Waals surface area contributed by atoms with Crippen LogP contribution in [0.4, 0.5) is 16.2 Å². The molecule has 3 heterocycles. The first-order chi connectivity index (χ1) is 14.9. The van der Waals surface area contributed by atoms with Crippen LogP contribution in [-0.2, 0) is 22.7 Å². The minimum Gasteiger partial charge on any atom is -0.387 e. The van der Waals surface area contributed by atoms with Crippen molar-refractivity contribution in [1.82, 2.24) is 19.5 Å². The summed E-state index contributed by atoms with van der Waals surface area (Å²) < 4.78 is 51.9. The van der Waals surface area contributed by atoms with Gasteiger partial charge in [0.1, 0.15) is 12.2 Å². The predicted octanol–water partition coefficient (Wildman–Crippen LogP) is -0.170. The molecule has 0 aromatic carbocycles. The van der Waals surface area contributed by atoms with Crippen LogP contribution in [0.15, 0.2) is 6.33 Å². The summed E-state index contributed by atoms with van der Waals surface area (Å²) in [4.78, 5) is 41.1. The first kappa shape index (κ1) is 23.4. The van der Waals surface area contributed by atoms with E-state index in [-0.39, 0.29) is 17.6 Å². The molecule has 1 saturated carbocycles. The summed E-state index contributed by atoms with van der Waals surface area (Å²) in [6, 6.07) is 0.280. The number of hydrogen-bond donors (Lipinski definition) is 5. The van der Waals surface area contributed by atoms with Crippen LogP contribution in [0.25, 0.3) is 11.2 Å². The van der Waals surface area contributed by atoms with Crippen molar-refractivity contribution in [3.63, 3.8) is 0 Å². The average molecular weight is 498 g/mol. The van der Waals surface area contributed by atoms with Gasteiger partial charge < -0.3 is 35.2 Å². The zero-order valence-corrected chi connectivity index (χ0v) is 18.3. The lowest BCUT2D eigenvalue weighted by atomic mass is 10.1. The first-order valence-corrected chi connectivity index (χ1v) is 12.3. The van der Waals surface area contributed by atoms with Gasteiger partial charge >= 0.3 is 15.6 Å². The van der Waals surface area contributed by atoms with E-state index in [0.717, 1.165) is 12.8 Å². The van der Waals surface area contributed by atoms with Gasteiger partial charge in [0, 0.05) is 13.1 Å². The number of anilines is 2. The number of aliphatic hydroxyl groups is 1. The highest BCUT2D eigenvalue weighted by atomic mass is 31.3. The molecule has 4 rings (SSSR count). The normalized spacial score (nSPS) is 28.2. The van der Waals surface area contributed by atoms with Gasteiger partial charge in [-0.05, 0) is 12.8 Å².